The second-order valence-electron chi connectivity index (χ2n) is 1.73. The lowest BCUT2D eigenvalue weighted by atomic mass is 10.4. The predicted molar refractivity (Wildman–Crippen MR) is 39.9 cm³/mol. The molecular formula is C5H4BrN3O2. The van der Waals surface area contributed by atoms with Crippen LogP contribution in [-0.4, -0.2) is 21.0 Å². The van der Waals surface area contributed by atoms with Crippen molar-refractivity contribution in [3.05, 3.63) is 16.5 Å². The Morgan fingerprint density at radius 1 is 1.73 bits per heavy atom. The van der Waals surface area contributed by atoms with Crippen LogP contribution < -0.4 is 5.73 Å². The number of carbonyl (C=O) groups is 1. The third kappa shape index (κ3) is 1.64. The number of hydrogen-bond acceptors (Lipinski definition) is 4. The molecule has 0 aliphatic rings. The number of primary amides is 1. The molecule has 1 aromatic heterocycles. The monoisotopic (exact) mass is 217 g/mol. The fourth-order valence-electron chi connectivity index (χ4n) is 0.527. The first-order valence-corrected chi connectivity index (χ1v) is 3.42. The first-order chi connectivity index (χ1) is 5.11. The van der Waals surface area contributed by atoms with Gasteiger partial charge >= 0.3 is 0 Å². The van der Waals surface area contributed by atoms with Gasteiger partial charge in [-0.25, -0.2) is 9.97 Å². The highest BCUT2D eigenvalue weighted by Gasteiger charge is 2.10. The Hall–Kier alpha value is -1.17. The van der Waals surface area contributed by atoms with Crippen LogP contribution in [0, 0.1) is 0 Å². The molecule has 1 aromatic rings. The number of amides is 1. The molecule has 0 radical (unpaired) electrons. The highest BCUT2D eigenvalue weighted by Crippen LogP contribution is 2.12. The minimum atomic E-state index is -0.809. The zero-order valence-electron chi connectivity index (χ0n) is 5.28. The van der Waals surface area contributed by atoms with Crippen molar-refractivity contribution in [3.63, 3.8) is 0 Å². The van der Waals surface area contributed by atoms with Crippen LogP contribution in [0.3, 0.4) is 0 Å². The van der Waals surface area contributed by atoms with Crippen LogP contribution in [0.2, 0.25) is 0 Å². The summed E-state index contributed by atoms with van der Waals surface area (Å²) in [6.45, 7) is 0. The molecule has 3 N–H and O–H groups in total. The van der Waals surface area contributed by atoms with Crippen molar-refractivity contribution in [3.8, 4) is 5.88 Å². The van der Waals surface area contributed by atoms with Crippen LogP contribution in [0.25, 0.3) is 0 Å². The van der Waals surface area contributed by atoms with E-state index in [0.29, 0.717) is 4.60 Å². The van der Waals surface area contributed by atoms with Crippen LogP contribution >= 0.6 is 15.9 Å². The van der Waals surface area contributed by atoms with Gasteiger partial charge in [-0.2, -0.15) is 0 Å². The lowest BCUT2D eigenvalue weighted by Gasteiger charge is -1.96. The number of carbonyl (C=O) groups excluding carboxylic acids is 1. The summed E-state index contributed by atoms with van der Waals surface area (Å²) < 4.78 is 0.351. The van der Waals surface area contributed by atoms with E-state index in [1.165, 1.54) is 6.20 Å². The van der Waals surface area contributed by atoms with Crippen molar-refractivity contribution < 1.29 is 9.90 Å². The molecule has 11 heavy (non-hydrogen) atoms. The number of nitrogens with zero attached hydrogens (tertiary/aromatic N) is 2. The van der Waals surface area contributed by atoms with Gasteiger partial charge in [0.1, 0.15) is 4.60 Å². The van der Waals surface area contributed by atoms with E-state index < -0.39 is 11.8 Å². The van der Waals surface area contributed by atoms with Crippen LogP contribution in [0.1, 0.15) is 10.5 Å². The number of aromatic hydroxyl groups is 1. The summed E-state index contributed by atoms with van der Waals surface area (Å²) in [7, 11) is 0. The number of aromatic nitrogens is 2. The average molecular weight is 218 g/mol. The van der Waals surface area contributed by atoms with E-state index in [9.17, 15) is 4.79 Å². The Morgan fingerprint density at radius 3 is 2.82 bits per heavy atom. The molecule has 58 valence electrons. The maximum Gasteiger partial charge on any atom is 0.272 e. The van der Waals surface area contributed by atoms with Gasteiger partial charge in [0.2, 0.25) is 5.88 Å². The number of rotatable bonds is 1. The molecule has 0 aromatic carbocycles. The third-order valence-corrected chi connectivity index (χ3v) is 1.34. The number of halogens is 1. The maximum atomic E-state index is 10.5. The summed E-state index contributed by atoms with van der Waals surface area (Å²) in [5.74, 6) is -1.27. The lowest BCUT2D eigenvalue weighted by Crippen LogP contribution is -2.13. The van der Waals surface area contributed by atoms with Gasteiger partial charge in [-0.3, -0.25) is 4.79 Å². The van der Waals surface area contributed by atoms with E-state index in [0.717, 1.165) is 0 Å². The summed E-state index contributed by atoms with van der Waals surface area (Å²) in [5, 5.41) is 8.91. The quantitative estimate of drug-likeness (QED) is 0.696. The zero-order valence-corrected chi connectivity index (χ0v) is 6.87. The molecule has 0 aliphatic carbocycles. The molecule has 0 unspecified atom stereocenters. The summed E-state index contributed by atoms with van der Waals surface area (Å²) in [5.41, 5.74) is 4.62. The molecule has 1 amide bonds. The van der Waals surface area contributed by atoms with E-state index in [4.69, 9.17) is 10.8 Å². The topological polar surface area (TPSA) is 89.1 Å². The van der Waals surface area contributed by atoms with Crippen molar-refractivity contribution >= 4 is 21.8 Å². The molecule has 0 bridgehead atoms. The molecule has 1 rings (SSSR count). The van der Waals surface area contributed by atoms with Gasteiger partial charge in [-0.05, 0) is 15.9 Å². The van der Waals surface area contributed by atoms with Gasteiger partial charge in [0.25, 0.3) is 5.91 Å². The van der Waals surface area contributed by atoms with Crippen LogP contribution in [0.5, 0.6) is 5.88 Å². The smallest absolute Gasteiger partial charge is 0.272 e. The molecule has 1 heterocycles. The summed E-state index contributed by atoms with van der Waals surface area (Å²) in [4.78, 5) is 17.6. The Labute approximate surface area is 70.4 Å². The molecule has 0 atom stereocenters. The van der Waals surface area contributed by atoms with Crippen molar-refractivity contribution in [1.82, 2.24) is 9.97 Å². The van der Waals surface area contributed by atoms with Crippen LogP contribution in [0.4, 0.5) is 0 Å². The van der Waals surface area contributed by atoms with Crippen molar-refractivity contribution in [2.45, 2.75) is 0 Å². The van der Waals surface area contributed by atoms with Crippen molar-refractivity contribution in [2.75, 3.05) is 0 Å². The second-order valence-corrected chi connectivity index (χ2v) is 2.54. The Morgan fingerprint density at radius 2 is 2.36 bits per heavy atom. The molecule has 0 saturated heterocycles. The van der Waals surface area contributed by atoms with Crippen molar-refractivity contribution in [1.29, 1.82) is 0 Å². The fraction of sp³-hybridized carbons (Fsp3) is 0. The van der Waals surface area contributed by atoms with E-state index >= 15 is 0 Å². The van der Waals surface area contributed by atoms with Gasteiger partial charge in [0, 0.05) is 0 Å². The lowest BCUT2D eigenvalue weighted by molar-refractivity contribution is 0.0991. The van der Waals surface area contributed by atoms with Crippen LogP contribution in [-0.2, 0) is 0 Å². The van der Waals surface area contributed by atoms with E-state index in [-0.39, 0.29) is 5.69 Å². The van der Waals surface area contributed by atoms with E-state index in [1.54, 1.807) is 0 Å². The van der Waals surface area contributed by atoms with Gasteiger partial charge in [-0.1, -0.05) is 0 Å². The molecule has 0 aliphatic heterocycles. The molecule has 5 nitrogen and oxygen atoms in total. The first kappa shape index (κ1) is 7.93. The minimum Gasteiger partial charge on any atom is -0.492 e. The van der Waals surface area contributed by atoms with Gasteiger partial charge in [-0.15, -0.1) is 0 Å². The highest BCUT2D eigenvalue weighted by atomic mass is 79.9. The fourth-order valence-corrected chi connectivity index (χ4v) is 0.806. The summed E-state index contributed by atoms with van der Waals surface area (Å²) in [6.07, 6.45) is 1.27. The zero-order chi connectivity index (χ0) is 8.43. The first-order valence-electron chi connectivity index (χ1n) is 2.62. The number of nitrogens with two attached hydrogens (primary N) is 1. The molecular weight excluding hydrogens is 214 g/mol. The second kappa shape index (κ2) is 2.83. The largest absolute Gasteiger partial charge is 0.492 e. The predicted octanol–water partition coefficient (Wildman–Crippen LogP) is 0.0436. The van der Waals surface area contributed by atoms with Crippen LogP contribution in [0.15, 0.2) is 10.8 Å². The van der Waals surface area contributed by atoms with Gasteiger partial charge in [0.05, 0.1) is 6.20 Å². The molecule has 0 saturated carbocycles. The Balaban J connectivity index is 3.23. The van der Waals surface area contributed by atoms with Gasteiger partial charge in [0.15, 0.2) is 5.69 Å². The highest BCUT2D eigenvalue weighted by molar-refractivity contribution is 9.10. The summed E-state index contributed by atoms with van der Waals surface area (Å²) >= 11 is 2.97. The SMILES string of the molecule is NC(=O)c1nc(Br)cnc1O. The average Bonchev–Trinajstić information content (AvgIpc) is 1.94. The summed E-state index contributed by atoms with van der Waals surface area (Å²) in [6, 6.07) is 0. The maximum absolute atomic E-state index is 10.5. The molecule has 0 spiro atoms. The Kier molecular flexibility index (Phi) is 2.04. The van der Waals surface area contributed by atoms with Gasteiger partial charge < -0.3 is 10.8 Å². The standard InChI is InChI=1S/C5H4BrN3O2/c6-2-1-8-5(11)3(9-2)4(7)10/h1H,(H2,7,10)(H,8,11). The van der Waals surface area contributed by atoms with Crippen molar-refractivity contribution in [2.24, 2.45) is 5.73 Å². The third-order valence-electron chi connectivity index (χ3n) is 0.957. The molecule has 0 fully saturated rings. The Bertz CT molecular complexity index is 302. The van der Waals surface area contributed by atoms with E-state index in [1.807, 2.05) is 0 Å². The normalized spacial score (nSPS) is 9.55. The molecule has 6 heteroatoms. The van der Waals surface area contributed by atoms with E-state index in [2.05, 4.69) is 25.9 Å². The minimum absolute atomic E-state index is 0.237. The number of hydrogen-bond donors (Lipinski definition) is 2.